The molecule has 0 aliphatic carbocycles. The highest BCUT2D eigenvalue weighted by Gasteiger charge is 2.32. The first kappa shape index (κ1) is 15.3. The molecule has 1 aliphatic rings. The Bertz CT molecular complexity index is 465. The van der Waals surface area contributed by atoms with Crippen LogP contribution in [-0.2, 0) is 10.2 Å². The number of hydrogen-bond donors (Lipinski definition) is 2. The second kappa shape index (κ2) is 6.10. The summed E-state index contributed by atoms with van der Waals surface area (Å²) in [5.74, 6) is -0.157. The van der Waals surface area contributed by atoms with Gasteiger partial charge in [0.15, 0.2) is 5.13 Å². The molecular formula is C14H23N3O2S. The highest BCUT2D eigenvalue weighted by molar-refractivity contribution is 7.13. The van der Waals surface area contributed by atoms with Crippen molar-refractivity contribution in [2.75, 3.05) is 32.0 Å². The van der Waals surface area contributed by atoms with Gasteiger partial charge in [-0.15, -0.1) is 11.3 Å². The van der Waals surface area contributed by atoms with Crippen LogP contribution in [0.4, 0.5) is 5.13 Å². The van der Waals surface area contributed by atoms with Crippen molar-refractivity contribution in [1.29, 1.82) is 0 Å². The summed E-state index contributed by atoms with van der Waals surface area (Å²) in [5, 5.41) is 15.2. The molecule has 6 heteroatoms. The summed E-state index contributed by atoms with van der Waals surface area (Å²) < 4.78 is 0. The van der Waals surface area contributed by atoms with Gasteiger partial charge in [-0.25, -0.2) is 4.98 Å². The molecule has 0 spiro atoms. The number of carboxylic acids is 1. The number of aliphatic carboxylic acids is 1. The van der Waals surface area contributed by atoms with Crippen molar-refractivity contribution in [3.8, 4) is 0 Å². The van der Waals surface area contributed by atoms with Crippen LogP contribution in [-0.4, -0.2) is 47.6 Å². The Balaban J connectivity index is 1.89. The van der Waals surface area contributed by atoms with Gasteiger partial charge in [-0.3, -0.25) is 4.79 Å². The van der Waals surface area contributed by atoms with Gasteiger partial charge < -0.3 is 15.3 Å². The SMILES string of the molecule is CN1CCC(CNc2nc(C(C)(C)C(=O)O)cs2)CC1. The van der Waals surface area contributed by atoms with E-state index >= 15 is 0 Å². The van der Waals surface area contributed by atoms with Crippen LogP contribution in [0, 0.1) is 5.92 Å². The number of hydrogen-bond acceptors (Lipinski definition) is 5. The zero-order valence-electron chi connectivity index (χ0n) is 12.3. The monoisotopic (exact) mass is 297 g/mol. The van der Waals surface area contributed by atoms with Gasteiger partial charge in [0.05, 0.1) is 5.69 Å². The minimum absolute atomic E-state index is 0.626. The Kier molecular flexibility index (Phi) is 4.65. The number of anilines is 1. The van der Waals surface area contributed by atoms with Crippen LogP contribution < -0.4 is 5.32 Å². The maximum atomic E-state index is 11.2. The lowest BCUT2D eigenvalue weighted by atomic mass is 9.90. The molecule has 1 fully saturated rings. The van der Waals surface area contributed by atoms with Crippen molar-refractivity contribution in [3.05, 3.63) is 11.1 Å². The van der Waals surface area contributed by atoms with Crippen LogP contribution in [0.25, 0.3) is 0 Å². The van der Waals surface area contributed by atoms with Gasteiger partial charge in [0, 0.05) is 11.9 Å². The van der Waals surface area contributed by atoms with Crippen LogP contribution in [0.15, 0.2) is 5.38 Å². The van der Waals surface area contributed by atoms with E-state index in [1.807, 2.05) is 5.38 Å². The number of carbonyl (C=O) groups is 1. The van der Waals surface area contributed by atoms with Crippen molar-refractivity contribution >= 4 is 22.4 Å². The number of carboxylic acid groups (broad SMARTS) is 1. The number of aromatic nitrogens is 1. The van der Waals surface area contributed by atoms with E-state index in [2.05, 4.69) is 22.2 Å². The molecule has 112 valence electrons. The number of nitrogens with zero attached hydrogens (tertiary/aromatic N) is 2. The summed E-state index contributed by atoms with van der Waals surface area (Å²) in [4.78, 5) is 18.0. The van der Waals surface area contributed by atoms with Crippen LogP contribution >= 0.6 is 11.3 Å². The van der Waals surface area contributed by atoms with Crippen molar-refractivity contribution in [2.24, 2.45) is 5.92 Å². The van der Waals surface area contributed by atoms with E-state index in [-0.39, 0.29) is 0 Å². The fourth-order valence-corrected chi connectivity index (χ4v) is 3.14. The van der Waals surface area contributed by atoms with Gasteiger partial charge in [-0.05, 0) is 52.7 Å². The number of nitrogens with one attached hydrogen (secondary N) is 1. The summed E-state index contributed by atoms with van der Waals surface area (Å²) in [5.41, 5.74) is -0.301. The Hall–Kier alpha value is -1.14. The Morgan fingerprint density at radius 2 is 2.20 bits per heavy atom. The molecule has 1 aliphatic heterocycles. The van der Waals surface area contributed by atoms with Crippen LogP contribution in [0.3, 0.4) is 0 Å². The smallest absolute Gasteiger partial charge is 0.315 e. The Labute approximate surface area is 124 Å². The quantitative estimate of drug-likeness (QED) is 0.872. The summed E-state index contributed by atoms with van der Waals surface area (Å²) in [7, 11) is 2.16. The van der Waals surface area contributed by atoms with E-state index < -0.39 is 11.4 Å². The van der Waals surface area contributed by atoms with Gasteiger partial charge in [0.2, 0.25) is 0 Å². The van der Waals surface area contributed by atoms with E-state index in [0.29, 0.717) is 11.6 Å². The first-order chi connectivity index (χ1) is 9.39. The molecule has 0 aromatic carbocycles. The molecule has 1 aromatic heterocycles. The average molecular weight is 297 g/mol. The second-order valence-electron chi connectivity index (χ2n) is 6.10. The first-order valence-corrected chi connectivity index (χ1v) is 7.89. The van der Waals surface area contributed by atoms with E-state index in [1.54, 1.807) is 13.8 Å². The first-order valence-electron chi connectivity index (χ1n) is 7.01. The van der Waals surface area contributed by atoms with Crippen molar-refractivity contribution in [1.82, 2.24) is 9.88 Å². The summed E-state index contributed by atoms with van der Waals surface area (Å²) in [6.45, 7) is 6.60. The Morgan fingerprint density at radius 3 is 2.80 bits per heavy atom. The normalized spacial score (nSPS) is 18.1. The van der Waals surface area contributed by atoms with E-state index in [1.165, 1.54) is 24.2 Å². The molecular weight excluding hydrogens is 274 g/mol. The van der Waals surface area contributed by atoms with E-state index in [0.717, 1.165) is 24.8 Å². The molecule has 0 bridgehead atoms. The maximum absolute atomic E-state index is 11.2. The largest absolute Gasteiger partial charge is 0.481 e. The lowest BCUT2D eigenvalue weighted by Crippen LogP contribution is -2.33. The highest BCUT2D eigenvalue weighted by Crippen LogP contribution is 2.27. The van der Waals surface area contributed by atoms with Crippen molar-refractivity contribution < 1.29 is 9.90 Å². The highest BCUT2D eigenvalue weighted by atomic mass is 32.1. The molecule has 2 rings (SSSR count). The third-order valence-electron chi connectivity index (χ3n) is 4.06. The van der Waals surface area contributed by atoms with Crippen molar-refractivity contribution in [3.63, 3.8) is 0 Å². The predicted octanol–water partition coefficient (Wildman–Crippen LogP) is 2.26. The fourth-order valence-electron chi connectivity index (χ4n) is 2.25. The Morgan fingerprint density at radius 1 is 1.55 bits per heavy atom. The summed E-state index contributed by atoms with van der Waals surface area (Å²) in [6, 6.07) is 0. The standard InChI is InChI=1S/C14H23N3O2S/c1-14(2,12(18)19)11-9-20-13(16-11)15-8-10-4-6-17(3)7-5-10/h9-10H,4-8H2,1-3H3,(H,15,16)(H,18,19). The lowest BCUT2D eigenvalue weighted by molar-refractivity contribution is -0.142. The molecule has 20 heavy (non-hydrogen) atoms. The molecule has 2 heterocycles. The average Bonchev–Trinajstić information content (AvgIpc) is 2.87. The molecule has 5 nitrogen and oxygen atoms in total. The number of thiazole rings is 1. The van der Waals surface area contributed by atoms with E-state index in [9.17, 15) is 9.90 Å². The molecule has 0 unspecified atom stereocenters. The number of rotatable bonds is 5. The van der Waals surface area contributed by atoms with Gasteiger partial charge in [0.1, 0.15) is 5.41 Å². The molecule has 0 atom stereocenters. The number of piperidine rings is 1. The molecule has 0 amide bonds. The molecule has 2 N–H and O–H groups in total. The topological polar surface area (TPSA) is 65.5 Å². The van der Waals surface area contributed by atoms with Gasteiger partial charge in [-0.2, -0.15) is 0 Å². The fraction of sp³-hybridized carbons (Fsp3) is 0.714. The predicted molar refractivity (Wildman–Crippen MR) is 81.5 cm³/mol. The van der Waals surface area contributed by atoms with Gasteiger partial charge in [-0.1, -0.05) is 0 Å². The lowest BCUT2D eigenvalue weighted by Gasteiger charge is -2.28. The molecule has 0 saturated carbocycles. The summed E-state index contributed by atoms with van der Waals surface area (Å²) >= 11 is 1.49. The van der Waals surface area contributed by atoms with E-state index in [4.69, 9.17) is 0 Å². The second-order valence-corrected chi connectivity index (χ2v) is 6.95. The molecule has 1 saturated heterocycles. The number of likely N-dealkylation sites (tertiary alicyclic amines) is 1. The third kappa shape index (κ3) is 3.49. The van der Waals surface area contributed by atoms with Crippen LogP contribution in [0.2, 0.25) is 0 Å². The maximum Gasteiger partial charge on any atom is 0.315 e. The minimum atomic E-state index is -0.927. The zero-order valence-corrected chi connectivity index (χ0v) is 13.2. The molecule has 0 radical (unpaired) electrons. The third-order valence-corrected chi connectivity index (χ3v) is 4.86. The van der Waals surface area contributed by atoms with Crippen LogP contribution in [0.5, 0.6) is 0 Å². The van der Waals surface area contributed by atoms with Gasteiger partial charge >= 0.3 is 5.97 Å². The van der Waals surface area contributed by atoms with Gasteiger partial charge in [0.25, 0.3) is 0 Å². The zero-order chi connectivity index (χ0) is 14.8. The van der Waals surface area contributed by atoms with Crippen LogP contribution in [0.1, 0.15) is 32.4 Å². The molecule has 1 aromatic rings. The van der Waals surface area contributed by atoms with Crippen molar-refractivity contribution in [2.45, 2.75) is 32.1 Å². The summed E-state index contributed by atoms with van der Waals surface area (Å²) in [6.07, 6.45) is 2.42. The minimum Gasteiger partial charge on any atom is -0.481 e.